The molecule has 0 aliphatic carbocycles. The monoisotopic (exact) mass is 378 g/mol. The summed E-state index contributed by atoms with van der Waals surface area (Å²) in [6.45, 7) is 10.6. The fourth-order valence-corrected chi connectivity index (χ4v) is 3.30. The van der Waals surface area contributed by atoms with Crippen molar-refractivity contribution in [2.75, 3.05) is 6.54 Å². The lowest BCUT2D eigenvalue weighted by atomic mass is 10.1. The zero-order valence-corrected chi connectivity index (χ0v) is 17.4. The Hall–Kier alpha value is -2.69. The Morgan fingerprint density at radius 2 is 1.93 bits per heavy atom. The van der Waals surface area contributed by atoms with Crippen LogP contribution in [-0.2, 0) is 13.1 Å². The van der Waals surface area contributed by atoms with E-state index in [-0.39, 0.29) is 5.91 Å². The molecule has 5 heteroatoms. The first-order chi connectivity index (χ1) is 13.5. The third-order valence-electron chi connectivity index (χ3n) is 4.92. The molecule has 0 aliphatic heterocycles. The van der Waals surface area contributed by atoms with Crippen molar-refractivity contribution in [1.82, 2.24) is 19.4 Å². The van der Waals surface area contributed by atoms with Crippen molar-refractivity contribution in [1.29, 1.82) is 0 Å². The molecule has 3 aromatic rings. The van der Waals surface area contributed by atoms with Crippen LogP contribution in [0.4, 0.5) is 0 Å². The van der Waals surface area contributed by atoms with Gasteiger partial charge in [0.15, 0.2) is 5.65 Å². The molecule has 2 aromatic heterocycles. The molecule has 5 nitrogen and oxygen atoms in total. The molecule has 1 amide bonds. The standard InChI is InChI=1S/C23H30N4O/c1-5-14-27-21(25-20-7-6-13-24-22(20)27)16-26(15-12-17(2)3)23(28)19-10-8-18(4)9-11-19/h6-11,13,17H,5,12,14-16H2,1-4H3. The largest absolute Gasteiger partial charge is 0.331 e. The lowest BCUT2D eigenvalue weighted by Gasteiger charge is -2.24. The molecule has 28 heavy (non-hydrogen) atoms. The van der Waals surface area contributed by atoms with Gasteiger partial charge in [-0.15, -0.1) is 0 Å². The van der Waals surface area contributed by atoms with Crippen molar-refractivity contribution in [3.05, 3.63) is 59.5 Å². The average Bonchev–Trinajstić information content (AvgIpc) is 3.03. The van der Waals surface area contributed by atoms with Gasteiger partial charge in [-0.05, 0) is 49.9 Å². The number of amides is 1. The van der Waals surface area contributed by atoms with Gasteiger partial charge in [0.2, 0.25) is 0 Å². The maximum absolute atomic E-state index is 13.2. The van der Waals surface area contributed by atoms with E-state index in [1.165, 1.54) is 0 Å². The number of hydrogen-bond acceptors (Lipinski definition) is 3. The van der Waals surface area contributed by atoms with E-state index < -0.39 is 0 Å². The highest BCUT2D eigenvalue weighted by Gasteiger charge is 2.20. The molecule has 1 aromatic carbocycles. The van der Waals surface area contributed by atoms with Crippen molar-refractivity contribution in [3.63, 3.8) is 0 Å². The van der Waals surface area contributed by atoms with Gasteiger partial charge in [0.05, 0.1) is 6.54 Å². The van der Waals surface area contributed by atoms with E-state index in [1.807, 2.05) is 48.2 Å². The predicted molar refractivity (Wildman–Crippen MR) is 113 cm³/mol. The second kappa shape index (κ2) is 9.00. The summed E-state index contributed by atoms with van der Waals surface area (Å²) in [5.74, 6) is 1.49. The Bertz CT molecular complexity index is 927. The van der Waals surface area contributed by atoms with Crippen molar-refractivity contribution in [2.24, 2.45) is 5.92 Å². The summed E-state index contributed by atoms with van der Waals surface area (Å²) in [4.78, 5) is 24.5. The molecule has 0 aliphatic rings. The number of fused-ring (bicyclic) bond motifs is 1. The lowest BCUT2D eigenvalue weighted by molar-refractivity contribution is 0.0729. The number of pyridine rings is 1. The highest BCUT2D eigenvalue weighted by Crippen LogP contribution is 2.18. The van der Waals surface area contributed by atoms with E-state index >= 15 is 0 Å². The smallest absolute Gasteiger partial charge is 0.254 e. The minimum atomic E-state index is 0.0590. The SMILES string of the molecule is CCCn1c(CN(CCC(C)C)C(=O)c2ccc(C)cc2)nc2cccnc21. The van der Waals surface area contributed by atoms with Crippen LogP contribution in [-0.4, -0.2) is 31.9 Å². The van der Waals surface area contributed by atoms with Gasteiger partial charge in [0, 0.05) is 24.8 Å². The number of nitrogens with zero attached hydrogens (tertiary/aromatic N) is 4. The van der Waals surface area contributed by atoms with E-state index in [0.717, 1.165) is 47.5 Å². The van der Waals surface area contributed by atoms with Gasteiger partial charge in [0.1, 0.15) is 11.3 Å². The number of carbonyl (C=O) groups is 1. The first-order valence-electron chi connectivity index (χ1n) is 10.2. The van der Waals surface area contributed by atoms with Gasteiger partial charge in [0.25, 0.3) is 5.91 Å². The molecule has 0 bridgehead atoms. The molecule has 0 saturated carbocycles. The van der Waals surface area contributed by atoms with Gasteiger partial charge in [-0.25, -0.2) is 9.97 Å². The number of carbonyl (C=O) groups excluding carboxylic acids is 1. The molecule has 2 heterocycles. The summed E-state index contributed by atoms with van der Waals surface area (Å²) in [6.07, 6.45) is 3.75. The Morgan fingerprint density at radius 1 is 1.18 bits per heavy atom. The van der Waals surface area contributed by atoms with Crippen molar-refractivity contribution in [2.45, 2.75) is 53.6 Å². The quantitative estimate of drug-likeness (QED) is 0.564. The number of hydrogen-bond donors (Lipinski definition) is 0. The molecule has 148 valence electrons. The summed E-state index contributed by atoms with van der Waals surface area (Å²) in [7, 11) is 0. The number of aryl methyl sites for hydroxylation is 2. The van der Waals surface area contributed by atoms with E-state index in [2.05, 4.69) is 30.3 Å². The number of rotatable bonds is 8. The van der Waals surface area contributed by atoms with E-state index in [9.17, 15) is 4.79 Å². The average molecular weight is 379 g/mol. The molecule has 0 radical (unpaired) electrons. The fraction of sp³-hybridized carbons (Fsp3) is 0.435. The van der Waals surface area contributed by atoms with Crippen molar-refractivity contribution < 1.29 is 4.79 Å². The first-order valence-corrected chi connectivity index (χ1v) is 10.2. The maximum Gasteiger partial charge on any atom is 0.254 e. The first kappa shape index (κ1) is 20.1. The van der Waals surface area contributed by atoms with Gasteiger partial charge in [-0.2, -0.15) is 0 Å². The molecular weight excluding hydrogens is 348 g/mol. The van der Waals surface area contributed by atoms with Gasteiger partial charge in [-0.3, -0.25) is 4.79 Å². The van der Waals surface area contributed by atoms with Crippen LogP contribution in [0.5, 0.6) is 0 Å². The third kappa shape index (κ3) is 4.58. The molecule has 3 rings (SSSR count). The minimum absolute atomic E-state index is 0.0590. The molecule has 0 spiro atoms. The van der Waals surface area contributed by atoms with Crippen LogP contribution in [0.3, 0.4) is 0 Å². The van der Waals surface area contributed by atoms with Gasteiger partial charge >= 0.3 is 0 Å². The molecule has 0 unspecified atom stereocenters. The molecular formula is C23H30N4O. The zero-order chi connectivity index (χ0) is 20.1. The topological polar surface area (TPSA) is 51.0 Å². The molecule has 0 atom stereocenters. The van der Waals surface area contributed by atoms with Crippen LogP contribution < -0.4 is 0 Å². The molecule has 0 N–H and O–H groups in total. The highest BCUT2D eigenvalue weighted by atomic mass is 16.2. The molecule has 0 fully saturated rings. The van der Waals surface area contributed by atoms with Gasteiger partial charge < -0.3 is 9.47 Å². The Balaban J connectivity index is 1.92. The van der Waals surface area contributed by atoms with Crippen molar-refractivity contribution >= 4 is 17.1 Å². The predicted octanol–water partition coefficient (Wildman–Crippen LogP) is 4.84. The third-order valence-corrected chi connectivity index (χ3v) is 4.92. The second-order valence-electron chi connectivity index (χ2n) is 7.80. The van der Waals surface area contributed by atoms with Crippen LogP contribution in [0.1, 0.15) is 55.4 Å². The lowest BCUT2D eigenvalue weighted by Crippen LogP contribution is -2.33. The number of aromatic nitrogens is 3. The van der Waals surface area contributed by atoms with Crippen LogP contribution in [0.2, 0.25) is 0 Å². The van der Waals surface area contributed by atoms with E-state index in [4.69, 9.17) is 4.98 Å². The van der Waals surface area contributed by atoms with Crippen LogP contribution in [0, 0.1) is 12.8 Å². The summed E-state index contributed by atoms with van der Waals surface area (Å²) in [5, 5.41) is 0. The maximum atomic E-state index is 13.2. The molecule has 0 saturated heterocycles. The summed E-state index contributed by atoms with van der Waals surface area (Å²) in [5.41, 5.74) is 3.66. The Labute approximate surface area is 167 Å². The number of imidazole rings is 1. The zero-order valence-electron chi connectivity index (χ0n) is 17.4. The fourth-order valence-electron chi connectivity index (χ4n) is 3.30. The summed E-state index contributed by atoms with van der Waals surface area (Å²) >= 11 is 0. The summed E-state index contributed by atoms with van der Waals surface area (Å²) < 4.78 is 2.15. The van der Waals surface area contributed by atoms with Crippen LogP contribution in [0.25, 0.3) is 11.2 Å². The van der Waals surface area contributed by atoms with Crippen LogP contribution in [0.15, 0.2) is 42.6 Å². The normalized spacial score (nSPS) is 11.3. The van der Waals surface area contributed by atoms with Crippen molar-refractivity contribution in [3.8, 4) is 0 Å². The Morgan fingerprint density at radius 3 is 2.61 bits per heavy atom. The highest BCUT2D eigenvalue weighted by molar-refractivity contribution is 5.94. The van der Waals surface area contributed by atoms with E-state index in [0.29, 0.717) is 19.0 Å². The van der Waals surface area contributed by atoms with E-state index in [1.54, 1.807) is 6.20 Å². The van der Waals surface area contributed by atoms with Crippen LogP contribution >= 0.6 is 0 Å². The Kier molecular flexibility index (Phi) is 6.45. The van der Waals surface area contributed by atoms with Gasteiger partial charge in [-0.1, -0.05) is 38.5 Å². The second-order valence-corrected chi connectivity index (χ2v) is 7.80. The minimum Gasteiger partial charge on any atom is -0.331 e. The number of benzene rings is 1. The summed E-state index contributed by atoms with van der Waals surface area (Å²) in [6, 6.07) is 11.7.